The third-order valence-electron chi connectivity index (χ3n) is 10.4. The number of nitrogens with zero attached hydrogens (tertiary/aromatic N) is 3. The molecule has 0 bridgehead atoms. The number of hydrogen-bond donors (Lipinski definition) is 3. The van der Waals surface area contributed by atoms with E-state index in [1.165, 1.54) is 47.8 Å². The average Bonchev–Trinajstić information content (AvgIpc) is 4.04. The Kier molecular flexibility index (Phi) is 10.5. The topological polar surface area (TPSA) is 169 Å². The number of amides is 3. The summed E-state index contributed by atoms with van der Waals surface area (Å²) in [6.07, 6.45) is 3.36. The van der Waals surface area contributed by atoms with E-state index in [2.05, 4.69) is 31.9 Å². The Bertz CT molecular complexity index is 2310. The lowest BCUT2D eigenvalue weighted by Crippen LogP contribution is -2.58. The van der Waals surface area contributed by atoms with Crippen molar-refractivity contribution in [3.63, 3.8) is 0 Å². The number of benzene rings is 2. The molecule has 0 radical (unpaired) electrons. The van der Waals surface area contributed by atoms with Crippen LogP contribution in [0.1, 0.15) is 46.5 Å². The van der Waals surface area contributed by atoms with Gasteiger partial charge in [-0.15, -0.1) is 17.9 Å². The van der Waals surface area contributed by atoms with E-state index in [1.54, 1.807) is 35.7 Å². The van der Waals surface area contributed by atoms with Crippen molar-refractivity contribution < 1.29 is 36.7 Å². The van der Waals surface area contributed by atoms with Crippen LogP contribution in [0.3, 0.4) is 0 Å². The molecule has 2 saturated carbocycles. The van der Waals surface area contributed by atoms with E-state index in [4.69, 9.17) is 21.1 Å². The number of aromatic nitrogens is 2. The van der Waals surface area contributed by atoms with Crippen molar-refractivity contribution >= 4 is 66.6 Å². The van der Waals surface area contributed by atoms with Gasteiger partial charge in [0.05, 0.1) is 30.8 Å². The Balaban J connectivity index is 1.19. The minimum Gasteiger partial charge on any atom is -0.494 e. The summed E-state index contributed by atoms with van der Waals surface area (Å²) in [7, 11) is -2.39. The molecule has 17 heteroatoms. The highest BCUT2D eigenvalue weighted by Gasteiger charge is 2.62. The van der Waals surface area contributed by atoms with Crippen molar-refractivity contribution in [1.29, 1.82) is 0 Å². The van der Waals surface area contributed by atoms with E-state index in [0.717, 1.165) is 0 Å². The minimum absolute atomic E-state index is 0.0208. The number of carbonyl (C=O) groups is 3. The predicted molar refractivity (Wildman–Crippen MR) is 211 cm³/mol. The molecule has 296 valence electrons. The summed E-state index contributed by atoms with van der Waals surface area (Å²) >= 11 is 7.64. The number of sulfonamides is 1. The molecule has 2 aromatic carbocycles. The highest BCUT2D eigenvalue weighted by Crippen LogP contribution is 2.46. The molecule has 2 aromatic heterocycles. The lowest BCUT2D eigenvalue weighted by atomic mass is 9.85. The third kappa shape index (κ3) is 7.91. The molecule has 1 aliphatic heterocycles. The molecule has 1 saturated heterocycles. The van der Waals surface area contributed by atoms with Crippen molar-refractivity contribution in [3.05, 3.63) is 77.5 Å². The Morgan fingerprint density at radius 2 is 1.88 bits per heavy atom. The van der Waals surface area contributed by atoms with Crippen LogP contribution in [0.4, 0.5) is 9.52 Å². The van der Waals surface area contributed by atoms with E-state index in [9.17, 15) is 27.2 Å². The summed E-state index contributed by atoms with van der Waals surface area (Å²) < 4.78 is 53.2. The van der Waals surface area contributed by atoms with Crippen LogP contribution in [0.2, 0.25) is 5.02 Å². The Hall–Kier alpha value is -4.80. The van der Waals surface area contributed by atoms with Gasteiger partial charge in [-0.2, -0.15) is 0 Å². The number of hydrogen-bond acceptors (Lipinski definition) is 11. The maximum absolute atomic E-state index is 14.8. The normalized spacial score (nSPS) is 22.6. The third-order valence-corrected chi connectivity index (χ3v) is 13.2. The zero-order chi connectivity index (χ0) is 40.2. The Morgan fingerprint density at radius 3 is 2.52 bits per heavy atom. The van der Waals surface area contributed by atoms with E-state index in [0.29, 0.717) is 50.8 Å². The minimum atomic E-state index is -3.91. The molecule has 56 heavy (non-hydrogen) atoms. The predicted octanol–water partition coefficient (Wildman–Crippen LogP) is 5.70. The monoisotopic (exact) mass is 824 g/mol. The quantitative estimate of drug-likeness (QED) is 0.142. The summed E-state index contributed by atoms with van der Waals surface area (Å²) in [6.45, 7) is 9.40. The van der Waals surface area contributed by atoms with Gasteiger partial charge < -0.3 is 25.0 Å². The number of likely N-dealkylation sites (tertiary alicyclic amines) is 1. The SMILES string of the molecule is C=C[C@@H]1C[C@]1(NC(=O)[C@@H]1C[C@@H](Oc2ncc(OC)c3ccc(Cl)cc23)CN1C(=O)[C@@H](Nc1nc(-c2ccc(F)cc2)cs1)C(C)(C)C)C(=O)NS(=O)(=O)C1CC1. The fourth-order valence-corrected chi connectivity index (χ4v) is 9.29. The zero-order valence-electron chi connectivity index (χ0n) is 31.2. The van der Waals surface area contributed by atoms with E-state index < -0.39 is 68.1 Å². The second-order valence-electron chi connectivity index (χ2n) is 15.5. The van der Waals surface area contributed by atoms with Crippen LogP contribution in [0, 0.1) is 17.2 Å². The Morgan fingerprint density at radius 1 is 1.14 bits per heavy atom. The largest absolute Gasteiger partial charge is 0.494 e. The van der Waals surface area contributed by atoms with Crippen molar-refractivity contribution in [1.82, 2.24) is 24.9 Å². The van der Waals surface area contributed by atoms with Crippen molar-refractivity contribution in [2.75, 3.05) is 19.0 Å². The molecular weight excluding hydrogens is 783 g/mol. The lowest BCUT2D eigenvalue weighted by Gasteiger charge is -2.35. The Labute approximate surface area is 333 Å². The van der Waals surface area contributed by atoms with Crippen LogP contribution < -0.4 is 24.8 Å². The van der Waals surface area contributed by atoms with Gasteiger partial charge in [0.25, 0.3) is 5.91 Å². The smallest absolute Gasteiger partial charge is 0.259 e. The first-order valence-corrected chi connectivity index (χ1v) is 20.9. The molecule has 0 spiro atoms. The molecule has 3 amide bonds. The molecular formula is C39H42ClFN6O7S2. The van der Waals surface area contributed by atoms with Gasteiger partial charge in [-0.05, 0) is 67.1 Å². The van der Waals surface area contributed by atoms with Crippen molar-refractivity contribution in [2.45, 2.75) is 75.4 Å². The van der Waals surface area contributed by atoms with Crippen molar-refractivity contribution in [3.8, 4) is 22.9 Å². The highest BCUT2D eigenvalue weighted by atomic mass is 35.5. The van der Waals surface area contributed by atoms with E-state index >= 15 is 0 Å². The van der Waals surface area contributed by atoms with Gasteiger partial charge >= 0.3 is 0 Å². The number of rotatable bonds is 13. The van der Waals surface area contributed by atoms with Crippen molar-refractivity contribution in [2.24, 2.45) is 11.3 Å². The van der Waals surface area contributed by atoms with Crippen LogP contribution in [0.5, 0.6) is 11.6 Å². The average molecular weight is 825 g/mol. The van der Waals surface area contributed by atoms with Crippen LogP contribution in [0.25, 0.3) is 22.0 Å². The number of thiazole rings is 1. The molecule has 3 aliphatic rings. The van der Waals surface area contributed by atoms with Gasteiger partial charge in [-0.1, -0.05) is 38.4 Å². The molecule has 4 aromatic rings. The van der Waals surface area contributed by atoms with Crippen LogP contribution in [0.15, 0.2) is 66.7 Å². The lowest BCUT2D eigenvalue weighted by molar-refractivity contribution is -0.141. The fraction of sp³-hybridized carbons (Fsp3) is 0.410. The van der Waals surface area contributed by atoms with Gasteiger partial charge in [0.1, 0.15) is 35.3 Å². The second-order valence-corrected chi connectivity index (χ2v) is 18.7. The molecule has 0 unspecified atom stereocenters. The summed E-state index contributed by atoms with van der Waals surface area (Å²) in [4.78, 5) is 53.4. The van der Waals surface area contributed by atoms with Gasteiger partial charge in [-0.3, -0.25) is 19.1 Å². The number of nitrogens with one attached hydrogen (secondary N) is 3. The molecule has 5 atom stereocenters. The zero-order valence-corrected chi connectivity index (χ0v) is 33.6. The van der Waals surface area contributed by atoms with Gasteiger partial charge in [0, 0.05) is 39.1 Å². The van der Waals surface area contributed by atoms with Crippen LogP contribution in [-0.2, 0) is 24.4 Å². The molecule has 3 heterocycles. The van der Waals surface area contributed by atoms with Crippen LogP contribution in [-0.4, -0.2) is 83.6 Å². The van der Waals surface area contributed by atoms with E-state index in [-0.39, 0.29) is 31.1 Å². The number of anilines is 1. The summed E-state index contributed by atoms with van der Waals surface area (Å²) in [5.41, 5.74) is -0.964. The standard InChI is InChI=1S/C39H42ClFN6O7S2/c1-6-22-17-39(22,36(50)46-56(51,52)26-12-13-26)45-33(48)30-16-25(54-34-28-15-23(40)9-14-27(28)31(53-5)18-42-34)19-47(30)35(49)32(38(2,3)4)44-37-43-29(20-55-37)21-7-10-24(41)11-8-21/h6-11,14-15,18,20,22,25-26,30,32H,1,12-13,16-17,19H2,2-5H3,(H,43,44)(H,45,48)(H,46,50)/t22-,25-,30+,32-,39-/m1/s1. The number of ether oxygens (including phenoxy) is 2. The summed E-state index contributed by atoms with van der Waals surface area (Å²) in [5, 5.41) is 9.40. The number of pyridine rings is 1. The van der Waals surface area contributed by atoms with Gasteiger partial charge in [0.2, 0.25) is 27.7 Å². The summed E-state index contributed by atoms with van der Waals surface area (Å²) in [5.74, 6) is -2.09. The molecule has 3 fully saturated rings. The maximum Gasteiger partial charge on any atom is 0.259 e. The fourth-order valence-electron chi connectivity index (χ4n) is 7.00. The molecule has 13 nitrogen and oxygen atoms in total. The summed E-state index contributed by atoms with van der Waals surface area (Å²) in [6, 6.07) is 9.09. The first-order chi connectivity index (χ1) is 26.5. The first-order valence-electron chi connectivity index (χ1n) is 18.1. The number of fused-ring (bicyclic) bond motifs is 1. The highest BCUT2D eigenvalue weighted by molar-refractivity contribution is 7.91. The maximum atomic E-state index is 14.8. The van der Waals surface area contributed by atoms with Gasteiger partial charge in [-0.25, -0.2) is 22.8 Å². The molecule has 3 N–H and O–H groups in total. The first kappa shape index (κ1) is 39.4. The van der Waals surface area contributed by atoms with E-state index in [1.807, 2.05) is 20.8 Å². The van der Waals surface area contributed by atoms with Crippen LogP contribution >= 0.6 is 22.9 Å². The van der Waals surface area contributed by atoms with Gasteiger partial charge in [0.15, 0.2) is 5.13 Å². The number of methoxy groups -OCH3 is 1. The second kappa shape index (κ2) is 14.9. The number of halogens is 2. The number of carbonyl (C=O) groups excluding carboxylic acids is 3. The molecule has 7 rings (SSSR count). The molecule has 2 aliphatic carbocycles.